The van der Waals surface area contributed by atoms with Crippen molar-refractivity contribution in [1.82, 2.24) is 5.01 Å². The van der Waals surface area contributed by atoms with Gasteiger partial charge in [0.2, 0.25) is 11.8 Å². The van der Waals surface area contributed by atoms with Gasteiger partial charge in [0.1, 0.15) is 5.25 Å². The van der Waals surface area contributed by atoms with E-state index in [2.05, 4.69) is 0 Å². The Labute approximate surface area is 202 Å². The highest BCUT2D eigenvalue weighted by Crippen LogP contribution is 2.37. The lowest BCUT2D eigenvalue weighted by Crippen LogP contribution is -2.32. The summed E-state index contributed by atoms with van der Waals surface area (Å²) in [6, 6.07) is 27.1. The zero-order valence-corrected chi connectivity index (χ0v) is 19.5. The highest BCUT2D eigenvalue weighted by atomic mass is 32.2. The van der Waals surface area contributed by atoms with Crippen molar-refractivity contribution in [3.8, 4) is 0 Å². The fourth-order valence-corrected chi connectivity index (χ4v) is 5.34. The van der Waals surface area contributed by atoms with E-state index in [1.807, 2.05) is 85.8 Å². The second-order valence-corrected chi connectivity index (χ2v) is 9.60. The molecule has 0 aliphatic carbocycles. The molecule has 0 bridgehead atoms. The van der Waals surface area contributed by atoms with Gasteiger partial charge < -0.3 is 0 Å². The number of imide groups is 1. The summed E-state index contributed by atoms with van der Waals surface area (Å²) in [7, 11) is 0. The Balaban J connectivity index is 1.39. The van der Waals surface area contributed by atoms with Crippen LogP contribution in [-0.2, 0) is 9.59 Å². The minimum atomic E-state index is -0.645. The fraction of sp³-hybridized carbons (Fsp3) is 0.185. The highest BCUT2D eigenvalue weighted by Gasteiger charge is 2.42. The summed E-state index contributed by atoms with van der Waals surface area (Å²) in [5, 5.41) is 14.8. The second-order valence-electron chi connectivity index (χ2n) is 8.41. The summed E-state index contributed by atoms with van der Waals surface area (Å²) >= 11 is 1.10. The summed E-state index contributed by atoms with van der Waals surface area (Å²) in [6.07, 6.45) is 0.725. The standard InChI is InChI=1S/C27H24N4O2S/c1-18-9-8-14-21(15-18)30-25(32)17-24(26(30)33)34-27(28)31-23(20-12-6-3-7-13-20)16-22(29-31)19-10-4-2-5-11-19/h2-15,23-24,28H,16-17H2,1H3/t23-,24-/m1/s1. The average molecular weight is 469 g/mol. The molecule has 0 radical (unpaired) electrons. The number of nitrogens with zero attached hydrogens (tertiary/aromatic N) is 3. The molecule has 6 nitrogen and oxygen atoms in total. The zero-order chi connectivity index (χ0) is 23.7. The molecule has 0 saturated carbocycles. The number of carbonyl (C=O) groups excluding carboxylic acids is 2. The van der Waals surface area contributed by atoms with Crippen LogP contribution in [0.1, 0.15) is 35.6 Å². The van der Waals surface area contributed by atoms with E-state index in [4.69, 9.17) is 10.5 Å². The van der Waals surface area contributed by atoms with Crippen LogP contribution in [0, 0.1) is 12.3 Å². The minimum Gasteiger partial charge on any atom is -0.277 e. The van der Waals surface area contributed by atoms with Crippen LogP contribution >= 0.6 is 11.8 Å². The Morgan fingerprint density at radius 3 is 2.35 bits per heavy atom. The third kappa shape index (κ3) is 4.26. The van der Waals surface area contributed by atoms with Gasteiger partial charge in [-0.15, -0.1) is 0 Å². The van der Waals surface area contributed by atoms with E-state index in [-0.39, 0.29) is 29.4 Å². The predicted molar refractivity (Wildman–Crippen MR) is 136 cm³/mol. The minimum absolute atomic E-state index is 0.0684. The summed E-state index contributed by atoms with van der Waals surface area (Å²) in [6.45, 7) is 1.93. The van der Waals surface area contributed by atoms with Crippen LogP contribution in [0.25, 0.3) is 0 Å². The molecule has 2 atom stereocenters. The molecule has 2 aliphatic rings. The van der Waals surface area contributed by atoms with E-state index in [0.717, 1.165) is 34.2 Å². The first-order valence-electron chi connectivity index (χ1n) is 11.2. The molecule has 34 heavy (non-hydrogen) atoms. The van der Waals surface area contributed by atoms with Crippen molar-refractivity contribution in [2.45, 2.75) is 31.1 Å². The molecule has 2 amide bonds. The third-order valence-electron chi connectivity index (χ3n) is 6.03. The Hall–Kier alpha value is -3.71. The number of anilines is 1. The van der Waals surface area contributed by atoms with Gasteiger partial charge in [-0.2, -0.15) is 5.10 Å². The number of amidine groups is 1. The van der Waals surface area contributed by atoms with Gasteiger partial charge in [-0.25, -0.2) is 9.91 Å². The van der Waals surface area contributed by atoms with E-state index in [1.54, 1.807) is 11.1 Å². The van der Waals surface area contributed by atoms with Crippen LogP contribution in [0.2, 0.25) is 0 Å². The normalized spacial score (nSPS) is 20.1. The molecule has 2 heterocycles. The van der Waals surface area contributed by atoms with E-state index in [1.165, 1.54) is 4.90 Å². The number of nitrogens with one attached hydrogen (secondary N) is 1. The van der Waals surface area contributed by atoms with Gasteiger partial charge in [0.25, 0.3) is 0 Å². The molecule has 3 aromatic carbocycles. The van der Waals surface area contributed by atoms with Gasteiger partial charge in [0.15, 0.2) is 5.17 Å². The number of aryl methyl sites for hydroxylation is 1. The molecule has 0 aromatic heterocycles. The lowest BCUT2D eigenvalue weighted by molar-refractivity contribution is -0.121. The maximum Gasteiger partial charge on any atom is 0.247 e. The Bertz CT molecular complexity index is 1280. The molecule has 0 spiro atoms. The summed E-state index contributed by atoms with van der Waals surface area (Å²) in [5.74, 6) is -0.525. The van der Waals surface area contributed by atoms with Crippen LogP contribution in [0.5, 0.6) is 0 Å². The third-order valence-corrected chi connectivity index (χ3v) is 7.09. The maximum absolute atomic E-state index is 13.1. The smallest absolute Gasteiger partial charge is 0.247 e. The van der Waals surface area contributed by atoms with E-state index in [0.29, 0.717) is 12.1 Å². The van der Waals surface area contributed by atoms with Crippen molar-refractivity contribution in [2.75, 3.05) is 4.90 Å². The Kier molecular flexibility index (Phi) is 6.02. The van der Waals surface area contributed by atoms with E-state index < -0.39 is 5.25 Å². The van der Waals surface area contributed by atoms with Crippen LogP contribution in [-0.4, -0.2) is 33.0 Å². The van der Waals surface area contributed by atoms with Crippen molar-refractivity contribution in [3.05, 3.63) is 102 Å². The second kappa shape index (κ2) is 9.27. The predicted octanol–water partition coefficient (Wildman–Crippen LogP) is 5.15. The van der Waals surface area contributed by atoms with Gasteiger partial charge in [-0.05, 0) is 35.7 Å². The molecule has 170 valence electrons. The van der Waals surface area contributed by atoms with Crippen LogP contribution in [0.3, 0.4) is 0 Å². The number of rotatable bonds is 4. The van der Waals surface area contributed by atoms with Crippen LogP contribution in [0.4, 0.5) is 5.69 Å². The number of carbonyl (C=O) groups is 2. The lowest BCUT2D eigenvalue weighted by atomic mass is 9.99. The van der Waals surface area contributed by atoms with Gasteiger partial charge in [-0.3, -0.25) is 15.0 Å². The molecule has 5 rings (SSSR count). The number of thioether (sulfide) groups is 1. The first kappa shape index (κ1) is 22.1. The van der Waals surface area contributed by atoms with Crippen LogP contribution < -0.4 is 4.90 Å². The van der Waals surface area contributed by atoms with Gasteiger partial charge in [0, 0.05) is 12.8 Å². The molecule has 0 unspecified atom stereocenters. The first-order valence-corrected chi connectivity index (χ1v) is 12.0. The zero-order valence-electron chi connectivity index (χ0n) is 18.7. The monoisotopic (exact) mass is 468 g/mol. The number of amides is 2. The van der Waals surface area contributed by atoms with E-state index >= 15 is 0 Å². The SMILES string of the molecule is Cc1cccc(N2C(=O)C[C@@H](SC(=N)N3N=C(c4ccccc4)C[C@@H]3c3ccccc3)C2=O)c1. The maximum atomic E-state index is 13.1. The topological polar surface area (TPSA) is 76.8 Å². The van der Waals surface area contributed by atoms with Crippen molar-refractivity contribution >= 4 is 40.1 Å². The molecule has 1 saturated heterocycles. The fourth-order valence-electron chi connectivity index (χ4n) is 4.36. The largest absolute Gasteiger partial charge is 0.277 e. The average Bonchev–Trinajstić information content (AvgIpc) is 3.41. The molecule has 1 N–H and O–H groups in total. The van der Waals surface area contributed by atoms with Crippen molar-refractivity contribution in [2.24, 2.45) is 5.10 Å². The van der Waals surface area contributed by atoms with Crippen molar-refractivity contribution in [3.63, 3.8) is 0 Å². The number of hydrazone groups is 1. The number of hydrogen-bond acceptors (Lipinski definition) is 5. The molecule has 7 heteroatoms. The quantitative estimate of drug-likeness (QED) is 0.327. The molecular weight excluding hydrogens is 444 g/mol. The molecule has 1 fully saturated rings. The molecular formula is C27H24N4O2S. The number of benzene rings is 3. The first-order chi connectivity index (χ1) is 16.5. The Morgan fingerprint density at radius 1 is 0.941 bits per heavy atom. The Morgan fingerprint density at radius 2 is 1.65 bits per heavy atom. The van der Waals surface area contributed by atoms with Gasteiger partial charge in [-0.1, -0.05) is 84.6 Å². The van der Waals surface area contributed by atoms with Crippen molar-refractivity contribution in [1.29, 1.82) is 5.41 Å². The number of hydrogen-bond donors (Lipinski definition) is 1. The highest BCUT2D eigenvalue weighted by molar-refractivity contribution is 8.14. The van der Waals surface area contributed by atoms with Gasteiger partial charge >= 0.3 is 0 Å². The van der Waals surface area contributed by atoms with Gasteiger partial charge in [0.05, 0.1) is 17.4 Å². The summed E-state index contributed by atoms with van der Waals surface area (Å²) in [5.41, 5.74) is 4.53. The molecule has 3 aromatic rings. The molecule has 2 aliphatic heterocycles. The van der Waals surface area contributed by atoms with E-state index in [9.17, 15) is 9.59 Å². The van der Waals surface area contributed by atoms with Crippen LogP contribution in [0.15, 0.2) is 90.0 Å². The lowest BCUT2D eigenvalue weighted by Gasteiger charge is -2.24. The summed E-state index contributed by atoms with van der Waals surface area (Å²) in [4.78, 5) is 27.1. The van der Waals surface area contributed by atoms with Crippen molar-refractivity contribution < 1.29 is 9.59 Å². The summed E-state index contributed by atoms with van der Waals surface area (Å²) < 4.78 is 0.